The summed E-state index contributed by atoms with van der Waals surface area (Å²) in [5.41, 5.74) is 0. The van der Waals surface area contributed by atoms with Gasteiger partial charge < -0.3 is 10.1 Å². The van der Waals surface area contributed by atoms with E-state index in [1.54, 1.807) is 0 Å². The quantitative estimate of drug-likeness (QED) is 0.615. The lowest BCUT2D eigenvalue weighted by molar-refractivity contribution is -0.655. The van der Waals surface area contributed by atoms with Crippen LogP contribution < -0.4 is 10.1 Å². The van der Waals surface area contributed by atoms with Crippen molar-refractivity contribution in [1.82, 2.24) is 0 Å². The molecule has 0 radical (unpaired) electrons. The smallest absolute Gasteiger partial charge is 0.133 e. The van der Waals surface area contributed by atoms with Crippen molar-refractivity contribution in [3.8, 4) is 5.75 Å². The second-order valence-electron chi connectivity index (χ2n) is 4.91. The van der Waals surface area contributed by atoms with Gasteiger partial charge in [-0.05, 0) is 60.2 Å². The minimum absolute atomic E-state index is 0.822. The third-order valence-corrected chi connectivity index (χ3v) is 3.81. The predicted molar refractivity (Wildman–Crippen MR) is 84.7 cm³/mol. The summed E-state index contributed by atoms with van der Waals surface area (Å²) in [4.78, 5) is 0. The SMILES string of the molecule is CCCC[NH2+]CCCCCCOc1ccccc1Br. The molecule has 0 saturated carbocycles. The average molecular weight is 329 g/mol. The highest BCUT2D eigenvalue weighted by Crippen LogP contribution is 2.23. The van der Waals surface area contributed by atoms with E-state index in [1.807, 2.05) is 24.3 Å². The van der Waals surface area contributed by atoms with Crippen molar-refractivity contribution >= 4 is 15.9 Å². The molecule has 1 aromatic carbocycles. The van der Waals surface area contributed by atoms with Crippen LogP contribution in [-0.4, -0.2) is 19.7 Å². The molecule has 108 valence electrons. The fourth-order valence-corrected chi connectivity index (χ4v) is 2.38. The lowest BCUT2D eigenvalue weighted by atomic mass is 10.2. The predicted octanol–water partition coefficient (Wildman–Crippen LogP) is 3.75. The number of halogens is 1. The van der Waals surface area contributed by atoms with Crippen molar-refractivity contribution in [2.75, 3.05) is 19.7 Å². The molecule has 1 rings (SSSR count). The molecule has 0 fully saturated rings. The molecule has 0 aliphatic carbocycles. The number of nitrogens with two attached hydrogens (primary N) is 1. The standard InChI is InChI=1S/C16H26BrNO/c1-2-3-12-18-13-8-4-5-9-14-19-16-11-7-6-10-15(16)17/h6-7,10-11,18H,2-5,8-9,12-14H2,1H3/p+1. The summed E-state index contributed by atoms with van der Waals surface area (Å²) in [6.07, 6.45) is 7.73. The van der Waals surface area contributed by atoms with Crippen LogP contribution in [0.1, 0.15) is 45.4 Å². The summed E-state index contributed by atoms with van der Waals surface area (Å²) in [5.74, 6) is 0.954. The molecule has 0 heterocycles. The first-order valence-corrected chi connectivity index (χ1v) is 8.33. The third-order valence-electron chi connectivity index (χ3n) is 3.16. The van der Waals surface area contributed by atoms with E-state index in [0.717, 1.165) is 23.2 Å². The maximum absolute atomic E-state index is 5.74. The van der Waals surface area contributed by atoms with Crippen LogP contribution in [0.2, 0.25) is 0 Å². The zero-order chi connectivity index (χ0) is 13.8. The molecule has 3 heteroatoms. The van der Waals surface area contributed by atoms with Gasteiger partial charge in [0.2, 0.25) is 0 Å². The van der Waals surface area contributed by atoms with Gasteiger partial charge in [0.15, 0.2) is 0 Å². The average Bonchev–Trinajstić information content (AvgIpc) is 2.43. The number of quaternary nitrogens is 1. The Bertz CT molecular complexity index is 330. The van der Waals surface area contributed by atoms with Gasteiger partial charge in [0, 0.05) is 0 Å². The monoisotopic (exact) mass is 328 g/mol. The maximum Gasteiger partial charge on any atom is 0.133 e. The fourth-order valence-electron chi connectivity index (χ4n) is 1.98. The topological polar surface area (TPSA) is 25.8 Å². The summed E-state index contributed by atoms with van der Waals surface area (Å²) in [6, 6.07) is 8.03. The van der Waals surface area contributed by atoms with Crippen LogP contribution in [0.25, 0.3) is 0 Å². The Morgan fingerprint density at radius 3 is 2.53 bits per heavy atom. The van der Waals surface area contributed by atoms with Gasteiger partial charge in [-0.3, -0.25) is 0 Å². The van der Waals surface area contributed by atoms with Crippen LogP contribution in [0.5, 0.6) is 5.75 Å². The van der Waals surface area contributed by atoms with Crippen LogP contribution >= 0.6 is 15.9 Å². The largest absolute Gasteiger partial charge is 0.492 e. The molecule has 1 aromatic rings. The van der Waals surface area contributed by atoms with Gasteiger partial charge in [0.1, 0.15) is 5.75 Å². The molecular weight excluding hydrogens is 302 g/mol. The number of unbranched alkanes of at least 4 members (excludes halogenated alkanes) is 4. The van der Waals surface area contributed by atoms with Crippen molar-refractivity contribution in [1.29, 1.82) is 0 Å². The summed E-state index contributed by atoms with van der Waals surface area (Å²) in [7, 11) is 0. The van der Waals surface area contributed by atoms with Gasteiger partial charge in [-0.25, -0.2) is 0 Å². The number of hydrogen-bond donors (Lipinski definition) is 1. The van der Waals surface area contributed by atoms with Crippen LogP contribution in [0.4, 0.5) is 0 Å². The summed E-state index contributed by atoms with van der Waals surface area (Å²) in [5, 5.41) is 2.45. The minimum Gasteiger partial charge on any atom is -0.492 e. The Morgan fingerprint density at radius 1 is 1.00 bits per heavy atom. The fraction of sp³-hybridized carbons (Fsp3) is 0.625. The molecule has 2 N–H and O–H groups in total. The number of benzene rings is 1. The number of hydrogen-bond acceptors (Lipinski definition) is 1. The highest BCUT2D eigenvalue weighted by Gasteiger charge is 1.98. The minimum atomic E-state index is 0.822. The van der Waals surface area contributed by atoms with Gasteiger partial charge in [-0.15, -0.1) is 0 Å². The highest BCUT2D eigenvalue weighted by atomic mass is 79.9. The normalized spacial score (nSPS) is 10.6. The Morgan fingerprint density at radius 2 is 1.74 bits per heavy atom. The Kier molecular flexibility index (Phi) is 9.82. The van der Waals surface area contributed by atoms with Crippen molar-refractivity contribution in [2.45, 2.75) is 45.4 Å². The van der Waals surface area contributed by atoms with E-state index in [9.17, 15) is 0 Å². The van der Waals surface area contributed by atoms with E-state index in [-0.39, 0.29) is 0 Å². The lowest BCUT2D eigenvalue weighted by Crippen LogP contribution is -2.84. The van der Waals surface area contributed by atoms with Crippen molar-refractivity contribution in [3.63, 3.8) is 0 Å². The van der Waals surface area contributed by atoms with E-state index in [0.29, 0.717) is 0 Å². The van der Waals surface area contributed by atoms with Crippen LogP contribution in [0.3, 0.4) is 0 Å². The van der Waals surface area contributed by atoms with Crippen LogP contribution in [0, 0.1) is 0 Å². The van der Waals surface area contributed by atoms with Gasteiger partial charge in [0.25, 0.3) is 0 Å². The summed E-state index contributed by atoms with van der Waals surface area (Å²) in [6.45, 7) is 5.65. The zero-order valence-corrected chi connectivity index (χ0v) is 13.6. The lowest BCUT2D eigenvalue weighted by Gasteiger charge is -2.07. The highest BCUT2D eigenvalue weighted by molar-refractivity contribution is 9.10. The molecule has 0 saturated heterocycles. The van der Waals surface area contributed by atoms with Crippen LogP contribution in [-0.2, 0) is 0 Å². The number of rotatable bonds is 11. The molecule has 0 amide bonds. The van der Waals surface area contributed by atoms with Crippen molar-refractivity contribution < 1.29 is 10.1 Å². The molecule has 19 heavy (non-hydrogen) atoms. The Labute approximate surface area is 126 Å². The van der Waals surface area contributed by atoms with Gasteiger partial charge in [0.05, 0.1) is 24.2 Å². The van der Waals surface area contributed by atoms with Gasteiger partial charge in [-0.2, -0.15) is 0 Å². The first-order valence-electron chi connectivity index (χ1n) is 7.53. The molecule has 0 spiro atoms. The van der Waals surface area contributed by atoms with E-state index >= 15 is 0 Å². The van der Waals surface area contributed by atoms with E-state index in [2.05, 4.69) is 28.2 Å². The molecule has 0 unspecified atom stereocenters. The molecule has 0 aliphatic rings. The van der Waals surface area contributed by atoms with Crippen molar-refractivity contribution in [2.24, 2.45) is 0 Å². The Balaban J connectivity index is 1.90. The number of ether oxygens (including phenoxy) is 1. The van der Waals surface area contributed by atoms with Gasteiger partial charge >= 0.3 is 0 Å². The maximum atomic E-state index is 5.74. The van der Waals surface area contributed by atoms with E-state index in [1.165, 1.54) is 45.2 Å². The Hall–Kier alpha value is -0.540. The molecular formula is C16H27BrNO+. The van der Waals surface area contributed by atoms with Gasteiger partial charge in [-0.1, -0.05) is 25.5 Å². The molecule has 0 atom stereocenters. The second kappa shape index (κ2) is 11.3. The second-order valence-corrected chi connectivity index (χ2v) is 5.77. The van der Waals surface area contributed by atoms with E-state index < -0.39 is 0 Å². The van der Waals surface area contributed by atoms with E-state index in [4.69, 9.17) is 4.74 Å². The van der Waals surface area contributed by atoms with Crippen molar-refractivity contribution in [3.05, 3.63) is 28.7 Å². The third kappa shape index (κ3) is 8.27. The summed E-state index contributed by atoms with van der Waals surface area (Å²) < 4.78 is 6.78. The summed E-state index contributed by atoms with van der Waals surface area (Å²) >= 11 is 3.49. The number of para-hydroxylation sites is 1. The van der Waals surface area contributed by atoms with Crippen LogP contribution in [0.15, 0.2) is 28.7 Å². The first-order chi connectivity index (χ1) is 9.34. The molecule has 2 nitrogen and oxygen atoms in total. The zero-order valence-electron chi connectivity index (χ0n) is 12.0. The first kappa shape index (κ1) is 16.5. The molecule has 0 aliphatic heterocycles. The molecule has 0 aromatic heterocycles. The molecule has 0 bridgehead atoms.